The fraction of sp³-hybridized carbons (Fsp3) is 0.417. The Morgan fingerprint density at radius 1 is 1.23 bits per heavy atom. The summed E-state index contributed by atoms with van der Waals surface area (Å²) in [5, 5.41) is 6.75. The largest absolute Gasteiger partial charge is 0.371 e. The van der Waals surface area contributed by atoms with E-state index in [1.807, 2.05) is 38.3 Å². The molecule has 0 radical (unpaired) electrons. The molecule has 3 rings (SSSR count). The van der Waals surface area contributed by atoms with Crippen LogP contribution in [-0.4, -0.2) is 41.4 Å². The summed E-state index contributed by atoms with van der Waals surface area (Å²) in [6.07, 6.45) is 7.01. The molecule has 2 heterocycles. The summed E-state index contributed by atoms with van der Waals surface area (Å²) < 4.78 is 3.05. The van der Waals surface area contributed by atoms with Gasteiger partial charge >= 0.3 is 0 Å². The van der Waals surface area contributed by atoms with Gasteiger partial charge in [-0.2, -0.15) is 0 Å². The van der Waals surface area contributed by atoms with E-state index in [-0.39, 0.29) is 5.91 Å². The van der Waals surface area contributed by atoms with Crippen molar-refractivity contribution in [3.8, 4) is 0 Å². The van der Waals surface area contributed by atoms with Crippen LogP contribution in [0.4, 0.5) is 0 Å². The molecule has 0 atom stereocenters. The monoisotopic (exact) mass is 486 g/mol. The second kappa shape index (κ2) is 10.2. The summed E-state index contributed by atoms with van der Waals surface area (Å²) in [4.78, 5) is 26.2. The molecule has 0 saturated carbocycles. The number of carbonyl (C=O) groups excluding carboxylic acids is 2. The van der Waals surface area contributed by atoms with Gasteiger partial charge in [0.05, 0.1) is 5.52 Å². The zero-order valence-electron chi connectivity index (χ0n) is 18.7. The predicted molar refractivity (Wildman–Crippen MR) is 129 cm³/mol. The highest BCUT2D eigenvalue weighted by atomic mass is 79.9. The first-order valence-corrected chi connectivity index (χ1v) is 11.5. The normalized spacial score (nSPS) is 15.4. The molecule has 7 heteroatoms. The Bertz CT molecular complexity index is 1030. The van der Waals surface area contributed by atoms with E-state index in [0.29, 0.717) is 24.6 Å². The lowest BCUT2D eigenvalue weighted by Gasteiger charge is -2.23. The average molecular weight is 487 g/mol. The van der Waals surface area contributed by atoms with Crippen molar-refractivity contribution in [2.24, 2.45) is 0 Å². The van der Waals surface area contributed by atoms with Crippen LogP contribution in [0.1, 0.15) is 56.9 Å². The van der Waals surface area contributed by atoms with Crippen molar-refractivity contribution >= 4 is 39.2 Å². The Hall–Kier alpha value is -2.54. The number of carbonyl (C=O) groups is 2. The molecule has 0 bridgehead atoms. The van der Waals surface area contributed by atoms with E-state index in [9.17, 15) is 9.59 Å². The summed E-state index contributed by atoms with van der Waals surface area (Å²) in [7, 11) is 0. The smallest absolute Gasteiger partial charge is 0.252 e. The Balaban J connectivity index is 1.86. The third-order valence-electron chi connectivity index (χ3n) is 5.64. The van der Waals surface area contributed by atoms with Crippen LogP contribution in [0.3, 0.4) is 0 Å². The Labute approximate surface area is 192 Å². The maximum Gasteiger partial charge on any atom is 0.252 e. The molecule has 6 nitrogen and oxygen atoms in total. The number of nitrogens with one attached hydrogen (secondary N) is 2. The lowest BCUT2D eigenvalue weighted by atomic mass is 10.1. The fourth-order valence-corrected chi connectivity index (χ4v) is 4.49. The van der Waals surface area contributed by atoms with Crippen LogP contribution >= 0.6 is 15.9 Å². The van der Waals surface area contributed by atoms with Gasteiger partial charge in [0.25, 0.3) is 5.91 Å². The molecule has 31 heavy (non-hydrogen) atoms. The van der Waals surface area contributed by atoms with Crippen molar-refractivity contribution in [1.29, 1.82) is 0 Å². The molecule has 166 valence electrons. The average Bonchev–Trinajstić information content (AvgIpc) is 3.39. The number of amides is 2. The minimum atomic E-state index is -0.0975. The van der Waals surface area contributed by atoms with Gasteiger partial charge in [-0.15, -0.1) is 0 Å². The maximum atomic E-state index is 13.1. The van der Waals surface area contributed by atoms with Crippen LogP contribution < -0.4 is 10.6 Å². The molecular formula is C24H31BrN4O2. The SMILES string of the molecule is C/C(=C/C(=C(\C)CNC(=O)c1cc(Br)cc2c1ccn2C(C)C)N1CCCC1)NC=O. The van der Waals surface area contributed by atoms with Gasteiger partial charge < -0.3 is 20.1 Å². The number of halogens is 1. The van der Waals surface area contributed by atoms with Gasteiger partial charge in [-0.3, -0.25) is 9.59 Å². The molecule has 1 saturated heterocycles. The van der Waals surface area contributed by atoms with Gasteiger partial charge in [0.2, 0.25) is 6.41 Å². The van der Waals surface area contributed by atoms with Gasteiger partial charge in [-0.25, -0.2) is 0 Å². The predicted octanol–water partition coefficient (Wildman–Crippen LogP) is 4.73. The van der Waals surface area contributed by atoms with Crippen molar-refractivity contribution in [3.63, 3.8) is 0 Å². The third-order valence-corrected chi connectivity index (χ3v) is 6.10. The van der Waals surface area contributed by atoms with Gasteiger partial charge in [0.1, 0.15) is 0 Å². The molecule has 1 aliphatic heterocycles. The standard InChI is InChI=1S/C24H31BrN4O2/c1-16(2)29-10-7-20-21(12-19(25)13-23(20)29)24(31)26-14-17(3)22(11-18(4)27-15-30)28-8-5-6-9-28/h7,10-13,15-16H,5-6,8-9,14H2,1-4H3,(H,26,31)(H,27,30)/b18-11-,22-17-. The van der Waals surface area contributed by atoms with Crippen molar-refractivity contribution in [1.82, 2.24) is 20.1 Å². The molecule has 2 amide bonds. The van der Waals surface area contributed by atoms with Gasteiger partial charge in [-0.05, 0) is 70.4 Å². The summed E-state index contributed by atoms with van der Waals surface area (Å²) in [5.74, 6) is -0.0975. The highest BCUT2D eigenvalue weighted by molar-refractivity contribution is 9.10. The minimum absolute atomic E-state index is 0.0975. The van der Waals surface area contributed by atoms with Crippen LogP contribution in [0, 0.1) is 0 Å². The van der Waals surface area contributed by atoms with E-state index in [2.05, 4.69) is 55.9 Å². The van der Waals surface area contributed by atoms with E-state index in [4.69, 9.17) is 0 Å². The number of benzene rings is 1. The Morgan fingerprint density at radius 2 is 1.94 bits per heavy atom. The van der Waals surface area contributed by atoms with E-state index in [0.717, 1.165) is 58.3 Å². The lowest BCUT2D eigenvalue weighted by Crippen LogP contribution is -2.28. The quantitative estimate of drug-likeness (QED) is 0.418. The number of allylic oxidation sites excluding steroid dienone is 2. The lowest BCUT2D eigenvalue weighted by molar-refractivity contribution is -0.108. The van der Waals surface area contributed by atoms with Crippen LogP contribution in [0.25, 0.3) is 10.9 Å². The van der Waals surface area contributed by atoms with E-state index < -0.39 is 0 Å². The Kier molecular flexibility index (Phi) is 7.59. The first kappa shape index (κ1) is 23.1. The van der Waals surface area contributed by atoms with Gasteiger partial charge in [0.15, 0.2) is 0 Å². The number of nitrogens with zero attached hydrogens (tertiary/aromatic N) is 2. The number of likely N-dealkylation sites (tertiary alicyclic amines) is 1. The van der Waals surface area contributed by atoms with Crippen molar-refractivity contribution in [2.75, 3.05) is 19.6 Å². The van der Waals surface area contributed by atoms with Crippen LogP contribution in [-0.2, 0) is 4.79 Å². The summed E-state index contributed by atoms with van der Waals surface area (Å²) >= 11 is 3.56. The minimum Gasteiger partial charge on any atom is -0.371 e. The first-order valence-electron chi connectivity index (χ1n) is 10.7. The highest BCUT2D eigenvalue weighted by Gasteiger charge is 2.18. The van der Waals surface area contributed by atoms with Gasteiger partial charge in [0, 0.05) is 58.7 Å². The molecule has 0 spiro atoms. The van der Waals surface area contributed by atoms with Crippen molar-refractivity contribution < 1.29 is 9.59 Å². The molecule has 2 N–H and O–H groups in total. The van der Waals surface area contributed by atoms with E-state index >= 15 is 0 Å². The van der Waals surface area contributed by atoms with Gasteiger partial charge in [-0.1, -0.05) is 15.9 Å². The van der Waals surface area contributed by atoms with Crippen LogP contribution in [0.5, 0.6) is 0 Å². The summed E-state index contributed by atoms with van der Waals surface area (Å²) in [6, 6.07) is 6.24. The molecular weight excluding hydrogens is 456 g/mol. The fourth-order valence-electron chi connectivity index (χ4n) is 4.05. The number of hydrogen-bond acceptors (Lipinski definition) is 3. The van der Waals surface area contributed by atoms with Crippen LogP contribution in [0.2, 0.25) is 0 Å². The van der Waals surface area contributed by atoms with Crippen LogP contribution in [0.15, 0.2) is 51.9 Å². The number of fused-ring (bicyclic) bond motifs is 1. The van der Waals surface area contributed by atoms with Crippen molar-refractivity contribution in [3.05, 3.63) is 57.5 Å². The molecule has 1 aromatic heterocycles. The molecule has 1 aromatic carbocycles. The topological polar surface area (TPSA) is 66.4 Å². The summed E-state index contributed by atoms with van der Waals surface area (Å²) in [6.45, 7) is 10.6. The van der Waals surface area contributed by atoms with E-state index in [1.54, 1.807) is 0 Å². The molecule has 0 unspecified atom stereocenters. The number of hydrogen-bond donors (Lipinski definition) is 2. The molecule has 1 fully saturated rings. The highest BCUT2D eigenvalue weighted by Crippen LogP contribution is 2.28. The zero-order valence-corrected chi connectivity index (χ0v) is 20.3. The first-order chi connectivity index (χ1) is 14.8. The second-order valence-corrected chi connectivity index (χ2v) is 9.25. The molecule has 0 aliphatic carbocycles. The second-order valence-electron chi connectivity index (χ2n) is 8.33. The Morgan fingerprint density at radius 3 is 2.58 bits per heavy atom. The molecule has 2 aromatic rings. The molecule has 1 aliphatic rings. The van der Waals surface area contributed by atoms with Crippen molar-refractivity contribution in [2.45, 2.75) is 46.6 Å². The summed E-state index contributed by atoms with van der Waals surface area (Å²) in [5.41, 5.74) is 4.61. The third kappa shape index (κ3) is 5.39. The number of rotatable bonds is 8. The van der Waals surface area contributed by atoms with E-state index in [1.165, 1.54) is 0 Å². The zero-order chi connectivity index (χ0) is 22.5. The maximum absolute atomic E-state index is 13.1. The number of aromatic nitrogens is 1.